The van der Waals surface area contributed by atoms with Crippen molar-refractivity contribution in [2.45, 2.75) is 17.0 Å². The Morgan fingerprint density at radius 1 is 1.40 bits per heavy atom. The number of nitrogens with zero attached hydrogens (tertiary/aromatic N) is 2. The van der Waals surface area contributed by atoms with Crippen LogP contribution < -0.4 is 0 Å². The Kier molecular flexibility index (Phi) is 2.82. The number of hydrogen-bond acceptors (Lipinski definition) is 5. The van der Waals surface area contributed by atoms with Crippen molar-refractivity contribution in [1.82, 2.24) is 9.97 Å². The summed E-state index contributed by atoms with van der Waals surface area (Å²) in [6, 6.07) is 1.86. The minimum atomic E-state index is 0.475. The van der Waals surface area contributed by atoms with Crippen molar-refractivity contribution in [3.8, 4) is 0 Å². The van der Waals surface area contributed by atoms with E-state index in [9.17, 15) is 4.79 Å². The van der Waals surface area contributed by atoms with Crippen LogP contribution in [0.1, 0.15) is 16.1 Å². The van der Waals surface area contributed by atoms with Gasteiger partial charge in [0.25, 0.3) is 0 Å². The van der Waals surface area contributed by atoms with Crippen LogP contribution in [0.3, 0.4) is 0 Å². The van der Waals surface area contributed by atoms with Gasteiger partial charge >= 0.3 is 0 Å². The summed E-state index contributed by atoms with van der Waals surface area (Å²) in [6.07, 6.45) is 5.34. The fourth-order valence-corrected chi connectivity index (χ4v) is 1.74. The lowest BCUT2D eigenvalue weighted by Crippen LogP contribution is -1.88. The molecule has 2 aromatic rings. The Hall–Kier alpha value is -1.62. The van der Waals surface area contributed by atoms with E-state index < -0.39 is 0 Å². The molecule has 0 saturated heterocycles. The average molecular weight is 220 g/mol. The molecule has 4 nitrogen and oxygen atoms in total. The molecule has 15 heavy (non-hydrogen) atoms. The third kappa shape index (κ3) is 2.24. The summed E-state index contributed by atoms with van der Waals surface area (Å²) in [4.78, 5) is 19.5. The van der Waals surface area contributed by atoms with Gasteiger partial charge in [-0.1, -0.05) is 0 Å². The summed E-state index contributed by atoms with van der Waals surface area (Å²) < 4.78 is 5.15. The van der Waals surface area contributed by atoms with Crippen molar-refractivity contribution in [3.63, 3.8) is 0 Å². The molecule has 0 bridgehead atoms. The van der Waals surface area contributed by atoms with Crippen LogP contribution in [-0.2, 0) is 0 Å². The molecule has 0 N–H and O–H groups in total. The zero-order valence-electron chi connectivity index (χ0n) is 8.01. The smallest absolute Gasteiger partial charge is 0.192 e. The van der Waals surface area contributed by atoms with Gasteiger partial charge in [0.1, 0.15) is 5.76 Å². The number of carbonyl (C=O) groups excluding carboxylic acids is 1. The van der Waals surface area contributed by atoms with Crippen molar-refractivity contribution < 1.29 is 9.21 Å². The molecule has 0 saturated carbocycles. The van der Waals surface area contributed by atoms with Crippen molar-refractivity contribution in [2.24, 2.45) is 0 Å². The van der Waals surface area contributed by atoms with E-state index in [1.807, 2.05) is 13.0 Å². The van der Waals surface area contributed by atoms with E-state index in [2.05, 4.69) is 9.97 Å². The summed E-state index contributed by atoms with van der Waals surface area (Å²) in [6.45, 7) is 1.88. The maximum absolute atomic E-state index is 10.4. The number of rotatable bonds is 3. The van der Waals surface area contributed by atoms with Crippen molar-refractivity contribution in [2.75, 3.05) is 0 Å². The highest BCUT2D eigenvalue weighted by molar-refractivity contribution is 7.99. The molecule has 0 amide bonds. The number of furan rings is 1. The summed E-state index contributed by atoms with van der Waals surface area (Å²) in [5, 5.41) is 0.602. The van der Waals surface area contributed by atoms with Gasteiger partial charge in [-0.25, -0.2) is 9.97 Å². The first-order valence-electron chi connectivity index (χ1n) is 4.29. The summed E-state index contributed by atoms with van der Waals surface area (Å²) in [7, 11) is 0. The van der Waals surface area contributed by atoms with Gasteiger partial charge in [0.05, 0.1) is 16.7 Å². The van der Waals surface area contributed by atoms with Crippen molar-refractivity contribution in [3.05, 3.63) is 36.0 Å². The van der Waals surface area contributed by atoms with E-state index in [-0.39, 0.29) is 0 Å². The van der Waals surface area contributed by atoms with Crippen LogP contribution in [0.5, 0.6) is 0 Å². The molecule has 0 aliphatic carbocycles. The molecule has 0 aliphatic heterocycles. The Morgan fingerprint density at radius 3 is 2.67 bits per heavy atom. The van der Waals surface area contributed by atoms with Crippen LogP contribution in [0, 0.1) is 6.92 Å². The molecule has 0 atom stereocenters. The average Bonchev–Trinajstić information content (AvgIpc) is 2.66. The number of aromatic nitrogens is 2. The largest absolute Gasteiger partial charge is 0.468 e. The number of aldehydes is 1. The van der Waals surface area contributed by atoms with Crippen molar-refractivity contribution in [1.29, 1.82) is 0 Å². The van der Waals surface area contributed by atoms with E-state index in [1.54, 1.807) is 6.26 Å². The van der Waals surface area contributed by atoms with Gasteiger partial charge in [0.2, 0.25) is 0 Å². The molecule has 0 unspecified atom stereocenters. The highest BCUT2D eigenvalue weighted by Crippen LogP contribution is 2.27. The lowest BCUT2D eigenvalue weighted by atomic mass is 10.4. The van der Waals surface area contributed by atoms with E-state index in [1.165, 1.54) is 24.2 Å². The summed E-state index contributed by atoms with van der Waals surface area (Å²) in [5.74, 6) is 0.836. The number of aryl methyl sites for hydroxylation is 1. The molecule has 0 aliphatic rings. The maximum Gasteiger partial charge on any atom is 0.192 e. The highest BCUT2D eigenvalue weighted by atomic mass is 32.2. The summed E-state index contributed by atoms with van der Waals surface area (Å²) in [5.41, 5.74) is 0.475. The quantitative estimate of drug-likeness (QED) is 0.587. The maximum atomic E-state index is 10.4. The summed E-state index contributed by atoms with van der Waals surface area (Å²) >= 11 is 1.41. The third-order valence-electron chi connectivity index (χ3n) is 1.80. The molecule has 0 fully saturated rings. The standard InChI is InChI=1S/C10H8N2O2S/c1-7-9(2-3-14-7)15-10-11-4-8(6-13)5-12-10/h2-6H,1H3. The molecule has 76 valence electrons. The second kappa shape index (κ2) is 4.27. The molecule has 2 heterocycles. The van der Waals surface area contributed by atoms with E-state index in [0.29, 0.717) is 10.7 Å². The monoisotopic (exact) mass is 220 g/mol. The predicted octanol–water partition coefficient (Wildman–Crippen LogP) is 2.34. The van der Waals surface area contributed by atoms with E-state index >= 15 is 0 Å². The van der Waals surface area contributed by atoms with Gasteiger partial charge in [-0.2, -0.15) is 0 Å². The Bertz CT molecular complexity index is 465. The molecule has 0 spiro atoms. The van der Waals surface area contributed by atoms with Crippen LogP contribution in [0.2, 0.25) is 0 Å². The highest BCUT2D eigenvalue weighted by Gasteiger charge is 2.05. The van der Waals surface area contributed by atoms with Gasteiger partial charge in [-0.05, 0) is 24.8 Å². The molecule has 0 aromatic carbocycles. The molecule has 5 heteroatoms. The first kappa shape index (κ1) is 9.92. The normalized spacial score (nSPS) is 10.2. The van der Waals surface area contributed by atoms with Crippen LogP contribution >= 0.6 is 11.8 Å². The van der Waals surface area contributed by atoms with Gasteiger partial charge in [0.15, 0.2) is 11.4 Å². The second-order valence-electron chi connectivity index (χ2n) is 2.86. The number of carbonyl (C=O) groups is 1. The molecular weight excluding hydrogens is 212 g/mol. The van der Waals surface area contributed by atoms with Gasteiger partial charge in [-0.15, -0.1) is 0 Å². The second-order valence-corrected chi connectivity index (χ2v) is 3.87. The van der Waals surface area contributed by atoms with Crippen LogP contribution in [0.4, 0.5) is 0 Å². The third-order valence-corrected chi connectivity index (χ3v) is 2.83. The van der Waals surface area contributed by atoms with E-state index in [4.69, 9.17) is 4.42 Å². The first-order valence-corrected chi connectivity index (χ1v) is 5.10. The predicted molar refractivity (Wildman–Crippen MR) is 55.0 cm³/mol. The molecule has 2 rings (SSSR count). The molecule has 2 aromatic heterocycles. The Labute approximate surface area is 90.7 Å². The first-order chi connectivity index (χ1) is 7.29. The van der Waals surface area contributed by atoms with Crippen LogP contribution in [0.25, 0.3) is 0 Å². The molecule has 0 radical (unpaired) electrons. The lowest BCUT2D eigenvalue weighted by molar-refractivity contribution is 0.112. The Morgan fingerprint density at radius 2 is 2.13 bits per heavy atom. The SMILES string of the molecule is Cc1occc1Sc1ncc(C=O)cn1. The molecular formula is C10H8N2O2S. The van der Waals surface area contributed by atoms with E-state index in [0.717, 1.165) is 16.9 Å². The minimum absolute atomic E-state index is 0.475. The Balaban J connectivity index is 2.18. The van der Waals surface area contributed by atoms with Gasteiger partial charge in [0, 0.05) is 12.4 Å². The fraction of sp³-hybridized carbons (Fsp3) is 0.100. The van der Waals surface area contributed by atoms with Crippen LogP contribution in [0.15, 0.2) is 39.2 Å². The zero-order chi connectivity index (χ0) is 10.7. The zero-order valence-corrected chi connectivity index (χ0v) is 8.82. The fourth-order valence-electron chi connectivity index (χ4n) is 1.02. The number of hydrogen-bond donors (Lipinski definition) is 0. The van der Waals surface area contributed by atoms with Crippen LogP contribution in [-0.4, -0.2) is 16.3 Å². The minimum Gasteiger partial charge on any atom is -0.468 e. The topological polar surface area (TPSA) is 56.0 Å². The lowest BCUT2D eigenvalue weighted by Gasteiger charge is -1.97. The van der Waals surface area contributed by atoms with Gasteiger partial charge in [-0.3, -0.25) is 4.79 Å². The van der Waals surface area contributed by atoms with Gasteiger partial charge < -0.3 is 4.42 Å². The van der Waals surface area contributed by atoms with Crippen molar-refractivity contribution >= 4 is 18.0 Å².